The maximum atomic E-state index is 12.4. The number of ether oxygens (including phenoxy) is 1. The monoisotopic (exact) mass is 358 g/mol. The van der Waals surface area contributed by atoms with E-state index in [9.17, 15) is 9.59 Å². The lowest BCUT2D eigenvalue weighted by Crippen LogP contribution is -2.20. The van der Waals surface area contributed by atoms with Crippen LogP contribution in [0.1, 0.15) is 46.1 Å². The molecule has 0 spiro atoms. The number of carbonyl (C=O) groups is 2. The summed E-state index contributed by atoms with van der Waals surface area (Å²) in [6.45, 7) is 4.10. The third-order valence-corrected chi connectivity index (χ3v) is 5.39. The third kappa shape index (κ3) is 4.02. The smallest absolute Gasteiger partial charge is 0.341 e. The van der Waals surface area contributed by atoms with Gasteiger partial charge in [0.15, 0.2) is 0 Å². The van der Waals surface area contributed by atoms with Crippen LogP contribution in [0.2, 0.25) is 0 Å². The highest BCUT2D eigenvalue weighted by Crippen LogP contribution is 2.38. The minimum atomic E-state index is -0.354. The van der Waals surface area contributed by atoms with E-state index in [0.29, 0.717) is 22.9 Å². The van der Waals surface area contributed by atoms with E-state index < -0.39 is 0 Å². The van der Waals surface area contributed by atoms with Gasteiger partial charge >= 0.3 is 12.0 Å². The van der Waals surface area contributed by atoms with Crippen LogP contribution in [-0.4, -0.2) is 18.6 Å². The molecule has 132 valence electrons. The van der Waals surface area contributed by atoms with Crippen LogP contribution in [0, 0.1) is 6.92 Å². The first-order valence-electron chi connectivity index (χ1n) is 8.54. The number of esters is 1. The number of urea groups is 1. The molecule has 25 heavy (non-hydrogen) atoms. The number of thiophene rings is 1. The number of nitrogens with one attached hydrogen (secondary N) is 2. The van der Waals surface area contributed by atoms with Gasteiger partial charge in [-0.2, -0.15) is 0 Å². The van der Waals surface area contributed by atoms with Crippen molar-refractivity contribution in [3.8, 4) is 0 Å². The quantitative estimate of drug-likeness (QED) is 0.775. The minimum Gasteiger partial charge on any atom is -0.462 e. The molecule has 3 rings (SSSR count). The summed E-state index contributed by atoms with van der Waals surface area (Å²) < 4.78 is 5.20. The lowest BCUT2D eigenvalue weighted by molar-refractivity contribution is 0.0526. The summed E-state index contributed by atoms with van der Waals surface area (Å²) >= 11 is 1.48. The van der Waals surface area contributed by atoms with Crippen LogP contribution in [0.25, 0.3) is 0 Å². The van der Waals surface area contributed by atoms with Crippen molar-refractivity contribution >= 4 is 34.0 Å². The SMILES string of the molecule is CCOC(=O)c1c(NC(=O)Nc2ccc(C)cc2)sc2c1CCCC2. The molecule has 5 nitrogen and oxygen atoms in total. The summed E-state index contributed by atoms with van der Waals surface area (Å²) in [5, 5.41) is 6.22. The predicted molar refractivity (Wildman–Crippen MR) is 101 cm³/mol. The number of aryl methyl sites for hydroxylation is 2. The Morgan fingerprint density at radius 2 is 1.84 bits per heavy atom. The Labute approximate surface area is 151 Å². The minimum absolute atomic E-state index is 0.318. The number of rotatable bonds is 4. The summed E-state index contributed by atoms with van der Waals surface area (Å²) in [7, 11) is 0. The molecular weight excluding hydrogens is 336 g/mol. The van der Waals surface area contributed by atoms with Gasteiger partial charge in [0.2, 0.25) is 0 Å². The van der Waals surface area contributed by atoms with Crippen molar-refractivity contribution in [3.05, 3.63) is 45.8 Å². The van der Waals surface area contributed by atoms with Gasteiger partial charge in [-0.3, -0.25) is 5.32 Å². The van der Waals surface area contributed by atoms with Gasteiger partial charge in [0.05, 0.1) is 12.2 Å². The standard InChI is InChI=1S/C19H22N2O3S/c1-3-24-18(22)16-14-6-4-5-7-15(14)25-17(16)21-19(23)20-13-10-8-12(2)9-11-13/h8-11H,3-7H2,1-2H3,(H2,20,21,23). The van der Waals surface area contributed by atoms with Gasteiger partial charge in [0.1, 0.15) is 5.00 Å². The molecule has 0 bridgehead atoms. The number of hydrogen-bond donors (Lipinski definition) is 2. The van der Waals surface area contributed by atoms with Gasteiger partial charge in [0.25, 0.3) is 0 Å². The number of benzene rings is 1. The highest BCUT2D eigenvalue weighted by Gasteiger charge is 2.27. The van der Waals surface area contributed by atoms with Crippen molar-refractivity contribution in [1.82, 2.24) is 0 Å². The summed E-state index contributed by atoms with van der Waals surface area (Å²) in [5.41, 5.74) is 3.41. The largest absolute Gasteiger partial charge is 0.462 e. The molecule has 2 aromatic rings. The van der Waals surface area contributed by atoms with Gasteiger partial charge in [-0.05, 0) is 57.2 Å². The first-order valence-corrected chi connectivity index (χ1v) is 9.36. The van der Waals surface area contributed by atoms with E-state index in [1.807, 2.05) is 31.2 Å². The van der Waals surface area contributed by atoms with E-state index in [1.165, 1.54) is 16.2 Å². The molecule has 0 atom stereocenters. The average Bonchev–Trinajstić information content (AvgIpc) is 2.95. The van der Waals surface area contributed by atoms with E-state index in [0.717, 1.165) is 36.8 Å². The van der Waals surface area contributed by atoms with E-state index >= 15 is 0 Å². The summed E-state index contributed by atoms with van der Waals surface area (Å²) in [6, 6.07) is 7.21. The Kier molecular flexibility index (Phi) is 5.38. The summed E-state index contributed by atoms with van der Waals surface area (Å²) in [6.07, 6.45) is 3.99. The lowest BCUT2D eigenvalue weighted by Gasteiger charge is -2.12. The van der Waals surface area contributed by atoms with Crippen molar-refractivity contribution in [2.75, 3.05) is 17.2 Å². The van der Waals surface area contributed by atoms with Crippen LogP contribution in [0.15, 0.2) is 24.3 Å². The Bertz CT molecular complexity index is 781. The van der Waals surface area contributed by atoms with Crippen LogP contribution < -0.4 is 10.6 Å². The topological polar surface area (TPSA) is 67.4 Å². The first kappa shape index (κ1) is 17.5. The highest BCUT2D eigenvalue weighted by atomic mass is 32.1. The molecule has 0 radical (unpaired) electrons. The maximum Gasteiger partial charge on any atom is 0.341 e. The number of amides is 2. The normalized spacial score (nSPS) is 13.0. The Morgan fingerprint density at radius 1 is 1.12 bits per heavy atom. The highest BCUT2D eigenvalue weighted by molar-refractivity contribution is 7.17. The fourth-order valence-corrected chi connectivity index (χ4v) is 4.25. The third-order valence-electron chi connectivity index (χ3n) is 4.19. The van der Waals surface area contributed by atoms with Crippen molar-refractivity contribution < 1.29 is 14.3 Å². The van der Waals surface area contributed by atoms with E-state index in [2.05, 4.69) is 10.6 Å². The number of fused-ring (bicyclic) bond motifs is 1. The fourth-order valence-electron chi connectivity index (χ4n) is 2.98. The number of anilines is 2. The molecular formula is C19H22N2O3S. The molecule has 0 fully saturated rings. The summed E-state index contributed by atoms with van der Waals surface area (Å²) in [5.74, 6) is -0.354. The molecule has 1 aromatic carbocycles. The van der Waals surface area contributed by atoms with Crippen LogP contribution in [0.3, 0.4) is 0 Å². The van der Waals surface area contributed by atoms with Crippen LogP contribution in [-0.2, 0) is 17.6 Å². The second-order valence-electron chi connectivity index (χ2n) is 6.08. The zero-order valence-electron chi connectivity index (χ0n) is 14.5. The summed E-state index contributed by atoms with van der Waals surface area (Å²) in [4.78, 5) is 25.9. The van der Waals surface area contributed by atoms with Crippen molar-refractivity contribution in [3.63, 3.8) is 0 Å². The molecule has 0 saturated carbocycles. The molecule has 2 N–H and O–H groups in total. The number of hydrogen-bond acceptors (Lipinski definition) is 4. The second kappa shape index (κ2) is 7.70. The van der Waals surface area contributed by atoms with Crippen LogP contribution in [0.4, 0.5) is 15.5 Å². The van der Waals surface area contributed by atoms with Gasteiger partial charge in [-0.15, -0.1) is 11.3 Å². The van der Waals surface area contributed by atoms with Gasteiger partial charge < -0.3 is 10.1 Å². The van der Waals surface area contributed by atoms with E-state index in [-0.39, 0.29) is 12.0 Å². The van der Waals surface area contributed by atoms with Gasteiger partial charge in [0, 0.05) is 10.6 Å². The van der Waals surface area contributed by atoms with Gasteiger partial charge in [-0.1, -0.05) is 17.7 Å². The molecule has 1 aliphatic carbocycles. The van der Waals surface area contributed by atoms with E-state index in [1.54, 1.807) is 6.92 Å². The Balaban J connectivity index is 1.81. The molecule has 1 aliphatic rings. The van der Waals surface area contributed by atoms with Crippen molar-refractivity contribution in [2.45, 2.75) is 39.5 Å². The van der Waals surface area contributed by atoms with Crippen LogP contribution in [0.5, 0.6) is 0 Å². The van der Waals surface area contributed by atoms with Crippen molar-refractivity contribution in [1.29, 1.82) is 0 Å². The van der Waals surface area contributed by atoms with Gasteiger partial charge in [-0.25, -0.2) is 9.59 Å². The Morgan fingerprint density at radius 3 is 2.56 bits per heavy atom. The predicted octanol–water partition coefficient (Wildman–Crippen LogP) is 4.76. The molecule has 0 aliphatic heterocycles. The first-order chi connectivity index (χ1) is 12.1. The average molecular weight is 358 g/mol. The van der Waals surface area contributed by atoms with E-state index in [4.69, 9.17) is 4.74 Å². The Hall–Kier alpha value is -2.34. The zero-order valence-corrected chi connectivity index (χ0v) is 15.3. The molecule has 1 heterocycles. The maximum absolute atomic E-state index is 12.4. The van der Waals surface area contributed by atoms with Crippen molar-refractivity contribution in [2.24, 2.45) is 0 Å². The molecule has 0 saturated heterocycles. The molecule has 6 heteroatoms. The number of carbonyl (C=O) groups excluding carboxylic acids is 2. The molecule has 1 aromatic heterocycles. The molecule has 2 amide bonds. The van der Waals surface area contributed by atoms with Crippen LogP contribution >= 0.6 is 11.3 Å². The molecule has 0 unspecified atom stereocenters. The fraction of sp³-hybridized carbons (Fsp3) is 0.368. The zero-order chi connectivity index (χ0) is 17.8. The second-order valence-corrected chi connectivity index (χ2v) is 7.19. The lowest BCUT2D eigenvalue weighted by atomic mass is 9.95.